The molecule has 0 aliphatic heterocycles. The number of carbonyl (C=O) groups excluding carboxylic acids is 1. The molecule has 0 aromatic carbocycles. The third kappa shape index (κ3) is 3.18. The van der Waals surface area contributed by atoms with Crippen molar-refractivity contribution in [1.29, 1.82) is 0 Å². The lowest BCUT2D eigenvalue weighted by Gasteiger charge is -2.26. The van der Waals surface area contributed by atoms with Gasteiger partial charge in [0.25, 0.3) is 5.91 Å². The molecule has 6 nitrogen and oxygen atoms in total. The van der Waals surface area contributed by atoms with Gasteiger partial charge in [0.2, 0.25) is 0 Å². The number of aryl methyl sites for hydroxylation is 1. The molecule has 1 rings (SSSR count). The number of amides is 1. The molecule has 0 saturated heterocycles. The fourth-order valence-electron chi connectivity index (χ4n) is 1.71. The van der Waals surface area contributed by atoms with Crippen molar-refractivity contribution in [3.63, 3.8) is 0 Å². The molecule has 4 N–H and O–H groups in total. The largest absolute Gasteiger partial charge is 0.395 e. The molecule has 0 aliphatic carbocycles. The van der Waals surface area contributed by atoms with Gasteiger partial charge < -0.3 is 15.4 Å². The summed E-state index contributed by atoms with van der Waals surface area (Å²) in [5, 5.41) is 9.00. The second kappa shape index (κ2) is 6.32. The number of hydrogen-bond acceptors (Lipinski definition) is 5. The van der Waals surface area contributed by atoms with Gasteiger partial charge in [0.1, 0.15) is 0 Å². The van der Waals surface area contributed by atoms with Gasteiger partial charge in [-0.25, -0.2) is 0 Å². The van der Waals surface area contributed by atoms with Crippen molar-refractivity contribution in [3.05, 3.63) is 23.5 Å². The molecule has 0 aliphatic rings. The van der Waals surface area contributed by atoms with Gasteiger partial charge in [0, 0.05) is 24.5 Å². The van der Waals surface area contributed by atoms with E-state index in [-0.39, 0.29) is 25.1 Å². The number of anilines is 1. The summed E-state index contributed by atoms with van der Waals surface area (Å²) in [4.78, 5) is 18.0. The Bertz CT molecular complexity index is 421. The van der Waals surface area contributed by atoms with Crippen molar-refractivity contribution in [2.24, 2.45) is 5.84 Å². The van der Waals surface area contributed by atoms with Gasteiger partial charge in [-0.2, -0.15) is 0 Å². The number of carbonyl (C=O) groups is 1. The number of nitrogens with two attached hydrogens (primary N) is 1. The molecule has 1 amide bonds. The first-order valence-electron chi connectivity index (χ1n) is 5.86. The number of pyridine rings is 1. The zero-order valence-electron chi connectivity index (χ0n) is 11.0. The Hall–Kier alpha value is -1.66. The van der Waals surface area contributed by atoms with E-state index in [2.05, 4.69) is 10.4 Å². The maximum absolute atomic E-state index is 12.3. The Morgan fingerprint density at radius 3 is 2.78 bits per heavy atom. The molecule has 0 fully saturated rings. The van der Waals surface area contributed by atoms with E-state index in [1.165, 1.54) is 6.20 Å². The summed E-state index contributed by atoms with van der Waals surface area (Å²) in [7, 11) is 0. The lowest BCUT2D eigenvalue weighted by molar-refractivity contribution is 0.0666. The highest BCUT2D eigenvalue weighted by atomic mass is 16.3. The molecule has 0 atom stereocenters. The van der Waals surface area contributed by atoms with Gasteiger partial charge in [-0.1, -0.05) is 0 Å². The van der Waals surface area contributed by atoms with E-state index < -0.39 is 0 Å². The number of nitrogens with one attached hydrogen (secondary N) is 1. The Morgan fingerprint density at radius 1 is 1.61 bits per heavy atom. The van der Waals surface area contributed by atoms with E-state index in [4.69, 9.17) is 10.9 Å². The van der Waals surface area contributed by atoms with Crippen molar-refractivity contribution in [3.8, 4) is 0 Å². The summed E-state index contributed by atoms with van der Waals surface area (Å²) in [6.45, 7) is 5.82. The van der Waals surface area contributed by atoms with Crippen LogP contribution in [0.3, 0.4) is 0 Å². The molecule has 100 valence electrons. The van der Waals surface area contributed by atoms with Crippen LogP contribution in [0.2, 0.25) is 0 Å². The first-order chi connectivity index (χ1) is 8.51. The monoisotopic (exact) mass is 252 g/mol. The van der Waals surface area contributed by atoms with Crippen LogP contribution in [0.15, 0.2) is 12.3 Å². The normalized spacial score (nSPS) is 10.6. The fourth-order valence-corrected chi connectivity index (χ4v) is 1.71. The summed E-state index contributed by atoms with van der Waals surface area (Å²) in [6.07, 6.45) is 1.50. The molecule has 6 heteroatoms. The summed E-state index contributed by atoms with van der Waals surface area (Å²) < 4.78 is 0. The Kier molecular flexibility index (Phi) is 5.06. The van der Waals surface area contributed by atoms with Gasteiger partial charge in [0.15, 0.2) is 0 Å². The third-order valence-electron chi connectivity index (χ3n) is 2.65. The highest BCUT2D eigenvalue weighted by Gasteiger charge is 2.21. The molecule has 1 heterocycles. The molecular weight excluding hydrogens is 232 g/mol. The Labute approximate surface area is 107 Å². The van der Waals surface area contributed by atoms with Crippen molar-refractivity contribution in [1.82, 2.24) is 9.88 Å². The predicted molar refractivity (Wildman–Crippen MR) is 70.0 cm³/mol. The van der Waals surface area contributed by atoms with Crippen LogP contribution < -0.4 is 11.3 Å². The smallest absolute Gasteiger partial charge is 0.257 e. The summed E-state index contributed by atoms with van der Waals surface area (Å²) in [6, 6.07) is 1.71. The predicted octanol–water partition coefficient (Wildman–Crippen LogP) is 0.519. The molecule has 0 unspecified atom stereocenters. The average molecular weight is 252 g/mol. The van der Waals surface area contributed by atoms with Gasteiger partial charge in [-0.05, 0) is 26.8 Å². The van der Waals surface area contributed by atoms with Crippen LogP contribution in [0, 0.1) is 6.92 Å². The topological polar surface area (TPSA) is 91.5 Å². The van der Waals surface area contributed by atoms with Gasteiger partial charge >= 0.3 is 0 Å². The minimum absolute atomic E-state index is 0.00317. The van der Waals surface area contributed by atoms with Gasteiger partial charge in [0.05, 0.1) is 17.9 Å². The quantitative estimate of drug-likeness (QED) is 0.525. The second-order valence-corrected chi connectivity index (χ2v) is 4.33. The number of nitrogen functional groups attached to an aromatic ring is 1. The third-order valence-corrected chi connectivity index (χ3v) is 2.65. The summed E-state index contributed by atoms with van der Waals surface area (Å²) in [5.41, 5.74) is 4.22. The number of aliphatic hydroxyl groups excluding tert-OH is 1. The van der Waals surface area contributed by atoms with E-state index in [1.807, 2.05) is 20.8 Å². The number of rotatable bonds is 5. The summed E-state index contributed by atoms with van der Waals surface area (Å²) >= 11 is 0. The maximum atomic E-state index is 12.3. The van der Waals surface area contributed by atoms with Crippen LogP contribution in [0.4, 0.5) is 5.69 Å². The molecule has 18 heavy (non-hydrogen) atoms. The number of aromatic nitrogens is 1. The van der Waals surface area contributed by atoms with E-state index >= 15 is 0 Å². The van der Waals surface area contributed by atoms with Crippen molar-refractivity contribution < 1.29 is 9.90 Å². The molecule has 0 spiro atoms. The van der Waals surface area contributed by atoms with Gasteiger partial charge in [-0.15, -0.1) is 0 Å². The van der Waals surface area contributed by atoms with Crippen molar-refractivity contribution in [2.45, 2.75) is 26.8 Å². The highest BCUT2D eigenvalue weighted by Crippen LogP contribution is 2.17. The van der Waals surface area contributed by atoms with Crippen LogP contribution in [-0.2, 0) is 0 Å². The fraction of sp³-hybridized carbons (Fsp3) is 0.500. The lowest BCUT2D eigenvalue weighted by atomic mass is 10.1. The van der Waals surface area contributed by atoms with Crippen LogP contribution in [0.25, 0.3) is 0 Å². The highest BCUT2D eigenvalue weighted by molar-refractivity contribution is 5.99. The number of aliphatic hydroxyl groups is 1. The standard InChI is InChI=1S/C12H20N4O2/c1-8(2)16(4-5-17)12(18)10-7-14-9(3)6-11(10)15-13/h6-8,17H,4-5,13H2,1-3H3,(H,14,15). The van der Waals surface area contributed by atoms with Crippen LogP contribution in [0.1, 0.15) is 29.9 Å². The minimum atomic E-state index is -0.195. The molecule has 0 saturated carbocycles. The second-order valence-electron chi connectivity index (χ2n) is 4.33. The summed E-state index contributed by atoms with van der Waals surface area (Å²) in [5.74, 6) is 5.21. The Morgan fingerprint density at radius 2 is 2.28 bits per heavy atom. The van der Waals surface area contributed by atoms with E-state index in [9.17, 15) is 4.79 Å². The van der Waals surface area contributed by atoms with E-state index in [0.717, 1.165) is 5.69 Å². The van der Waals surface area contributed by atoms with Crippen LogP contribution in [-0.4, -0.2) is 40.1 Å². The Balaban J connectivity index is 3.08. The number of hydrogen-bond donors (Lipinski definition) is 3. The lowest BCUT2D eigenvalue weighted by Crippen LogP contribution is -2.39. The molecule has 0 radical (unpaired) electrons. The first-order valence-corrected chi connectivity index (χ1v) is 5.86. The van der Waals surface area contributed by atoms with Crippen LogP contribution >= 0.6 is 0 Å². The zero-order chi connectivity index (χ0) is 13.7. The number of hydrazine groups is 1. The zero-order valence-corrected chi connectivity index (χ0v) is 11.0. The van der Waals surface area contributed by atoms with E-state index in [1.54, 1.807) is 11.0 Å². The minimum Gasteiger partial charge on any atom is -0.395 e. The van der Waals surface area contributed by atoms with Gasteiger partial charge in [-0.3, -0.25) is 15.6 Å². The van der Waals surface area contributed by atoms with Crippen molar-refractivity contribution in [2.75, 3.05) is 18.6 Å². The average Bonchev–Trinajstić information content (AvgIpc) is 2.34. The molecule has 0 bridgehead atoms. The SMILES string of the molecule is Cc1cc(NN)c(C(=O)N(CCO)C(C)C)cn1. The molecule has 1 aromatic rings. The van der Waals surface area contributed by atoms with Crippen LogP contribution in [0.5, 0.6) is 0 Å². The molecule has 1 aromatic heterocycles. The molecular formula is C12H20N4O2. The number of nitrogens with zero attached hydrogens (tertiary/aromatic N) is 2. The van der Waals surface area contributed by atoms with E-state index in [0.29, 0.717) is 11.3 Å². The first kappa shape index (κ1) is 14.4. The van der Waals surface area contributed by atoms with Crippen molar-refractivity contribution >= 4 is 11.6 Å². The maximum Gasteiger partial charge on any atom is 0.257 e.